The van der Waals surface area contributed by atoms with E-state index in [0.29, 0.717) is 12.8 Å². The van der Waals surface area contributed by atoms with Gasteiger partial charge in [0.2, 0.25) is 0 Å². The molecule has 0 amide bonds. The highest BCUT2D eigenvalue weighted by Gasteiger charge is 2.27. The molecule has 0 saturated heterocycles. The first-order valence-corrected chi connectivity index (χ1v) is 5.29. The molecule has 0 aromatic rings. The predicted octanol–water partition coefficient (Wildman–Crippen LogP) is 2.80. The maximum Gasteiger partial charge on any atom is 0.483 e. The number of hydrogen-bond donors (Lipinski definition) is 0. The van der Waals surface area contributed by atoms with E-state index < -0.39 is 25.8 Å². The quantitative estimate of drug-likeness (QED) is 0.571. The lowest BCUT2D eigenvalue weighted by molar-refractivity contribution is -0.146. The van der Waals surface area contributed by atoms with Crippen molar-refractivity contribution in [2.75, 3.05) is 13.5 Å². The molecule has 18 heavy (non-hydrogen) atoms. The van der Waals surface area contributed by atoms with Gasteiger partial charge in [-0.1, -0.05) is 12.8 Å². The van der Waals surface area contributed by atoms with E-state index in [9.17, 15) is 22.4 Å². The van der Waals surface area contributed by atoms with Crippen molar-refractivity contribution in [2.45, 2.75) is 37.9 Å². The molecule has 0 bridgehead atoms. The Balaban J connectivity index is 0.000000631. The van der Waals surface area contributed by atoms with E-state index in [1.54, 1.807) is 0 Å². The monoisotopic (exact) mass is 274 g/mol. The van der Waals surface area contributed by atoms with Crippen molar-refractivity contribution in [1.29, 1.82) is 0 Å². The number of carbonyl (C=O) groups excluding carboxylic acids is 2. The summed E-state index contributed by atoms with van der Waals surface area (Å²) in [6.07, 6.45) is -0.231. The third-order valence-electron chi connectivity index (χ3n) is 2.33. The van der Waals surface area contributed by atoms with Gasteiger partial charge in [-0.15, -0.1) is 8.78 Å². The topological polar surface area (TPSA) is 52.6 Å². The first kappa shape index (κ1) is 17.0. The van der Waals surface area contributed by atoms with E-state index in [2.05, 4.69) is 0 Å². The standard InChI is InChI=1S/C9H14F2O3.CF2O/c10-6-14-8-4-2-1-3-7(8)13-5-9(11)12;2-1(3)4/h7-8H,1-6H2;. The van der Waals surface area contributed by atoms with Crippen LogP contribution < -0.4 is 0 Å². The Bertz CT molecular complexity index is 256. The van der Waals surface area contributed by atoms with Crippen LogP contribution in [0.5, 0.6) is 0 Å². The summed E-state index contributed by atoms with van der Waals surface area (Å²) in [6, 6.07) is -1.51. The minimum Gasteiger partial charge on any atom is -0.365 e. The van der Waals surface area contributed by atoms with Crippen LogP contribution in [0.1, 0.15) is 25.7 Å². The van der Waals surface area contributed by atoms with Crippen LogP contribution in [0.4, 0.5) is 22.4 Å². The summed E-state index contributed by atoms with van der Waals surface area (Å²) < 4.78 is 53.0. The summed E-state index contributed by atoms with van der Waals surface area (Å²) in [5.74, 6) is 0. The number of carbonyl (C=O) groups is 2. The zero-order valence-corrected chi connectivity index (χ0v) is 9.54. The SMILES string of the molecule is O=C(F)COC1CCCCC1OCF.O=C(F)F. The molecule has 1 saturated carbocycles. The summed E-state index contributed by atoms with van der Waals surface area (Å²) in [4.78, 5) is 18.2. The third-order valence-corrected chi connectivity index (χ3v) is 2.33. The van der Waals surface area contributed by atoms with E-state index >= 15 is 0 Å². The molecule has 1 fully saturated rings. The van der Waals surface area contributed by atoms with E-state index in [1.165, 1.54) is 0 Å². The molecule has 0 aliphatic heterocycles. The molecule has 1 aliphatic carbocycles. The minimum atomic E-state index is -2.83. The smallest absolute Gasteiger partial charge is 0.365 e. The summed E-state index contributed by atoms with van der Waals surface area (Å²) >= 11 is 0. The third kappa shape index (κ3) is 9.06. The van der Waals surface area contributed by atoms with Gasteiger partial charge >= 0.3 is 12.3 Å². The summed E-state index contributed by atoms with van der Waals surface area (Å²) in [5, 5.41) is 0. The molecule has 0 heterocycles. The second kappa shape index (κ2) is 9.95. The van der Waals surface area contributed by atoms with Crippen molar-refractivity contribution >= 4 is 12.3 Å². The number of alkyl halides is 1. The minimum absolute atomic E-state index is 0.340. The van der Waals surface area contributed by atoms with Gasteiger partial charge in [-0.2, -0.15) is 4.39 Å². The molecule has 4 nitrogen and oxygen atoms in total. The second-order valence-corrected chi connectivity index (χ2v) is 3.53. The van der Waals surface area contributed by atoms with Crippen molar-refractivity contribution in [3.63, 3.8) is 0 Å². The molecule has 8 heteroatoms. The Morgan fingerprint density at radius 2 is 1.44 bits per heavy atom. The molecule has 2 unspecified atom stereocenters. The molecule has 2 atom stereocenters. The highest BCUT2D eigenvalue weighted by atomic mass is 19.3. The average Bonchev–Trinajstić information content (AvgIpc) is 2.27. The van der Waals surface area contributed by atoms with Gasteiger partial charge in [0.1, 0.15) is 6.61 Å². The molecular formula is C10H14F4O4. The molecule has 0 N–H and O–H groups in total. The zero-order chi connectivity index (χ0) is 14.0. The van der Waals surface area contributed by atoms with E-state index in [-0.39, 0.29) is 12.2 Å². The lowest BCUT2D eigenvalue weighted by atomic mass is 9.94. The highest BCUT2D eigenvalue weighted by molar-refractivity contribution is 5.69. The van der Waals surface area contributed by atoms with E-state index in [0.717, 1.165) is 12.8 Å². The lowest BCUT2D eigenvalue weighted by Gasteiger charge is -2.29. The number of halogens is 4. The number of ether oxygens (including phenoxy) is 2. The fraction of sp³-hybridized carbons (Fsp3) is 0.800. The van der Waals surface area contributed by atoms with Crippen LogP contribution in [-0.4, -0.2) is 38.0 Å². The van der Waals surface area contributed by atoms with Gasteiger partial charge in [0.25, 0.3) is 0 Å². The van der Waals surface area contributed by atoms with Crippen molar-refractivity contribution in [2.24, 2.45) is 0 Å². The van der Waals surface area contributed by atoms with Gasteiger partial charge < -0.3 is 9.47 Å². The van der Waals surface area contributed by atoms with Crippen LogP contribution in [0.3, 0.4) is 0 Å². The van der Waals surface area contributed by atoms with Crippen molar-refractivity contribution in [1.82, 2.24) is 0 Å². The molecule has 0 aromatic heterocycles. The largest absolute Gasteiger partial charge is 0.483 e. The normalized spacial score (nSPS) is 22.9. The van der Waals surface area contributed by atoms with Gasteiger partial charge in [0.05, 0.1) is 12.2 Å². The molecule has 0 aromatic carbocycles. The Morgan fingerprint density at radius 1 is 1.00 bits per heavy atom. The van der Waals surface area contributed by atoms with Crippen LogP contribution >= 0.6 is 0 Å². The molecule has 0 spiro atoms. The second-order valence-electron chi connectivity index (χ2n) is 3.53. The molecule has 106 valence electrons. The molecule has 1 rings (SSSR count). The molecular weight excluding hydrogens is 260 g/mol. The Labute approximate surface area is 101 Å². The van der Waals surface area contributed by atoms with Crippen LogP contribution in [-0.2, 0) is 14.3 Å². The Hall–Kier alpha value is -1.02. The summed E-state index contributed by atoms with van der Waals surface area (Å²) in [5.41, 5.74) is 0. The van der Waals surface area contributed by atoms with E-state index in [4.69, 9.17) is 14.3 Å². The van der Waals surface area contributed by atoms with Crippen molar-refractivity contribution in [3.05, 3.63) is 0 Å². The Kier molecular flexibility index (Phi) is 9.39. The maximum absolute atomic E-state index is 11.9. The molecule has 0 radical (unpaired) electrons. The van der Waals surface area contributed by atoms with Gasteiger partial charge in [-0.25, -0.2) is 9.18 Å². The lowest BCUT2D eigenvalue weighted by Crippen LogP contribution is -2.35. The Morgan fingerprint density at radius 3 is 1.83 bits per heavy atom. The average molecular weight is 274 g/mol. The first-order chi connectivity index (χ1) is 8.47. The van der Waals surface area contributed by atoms with Crippen LogP contribution in [0.2, 0.25) is 0 Å². The van der Waals surface area contributed by atoms with Crippen LogP contribution in [0, 0.1) is 0 Å². The summed E-state index contributed by atoms with van der Waals surface area (Å²) in [6.45, 7) is -1.43. The van der Waals surface area contributed by atoms with Crippen molar-refractivity contribution < 1.29 is 36.6 Å². The van der Waals surface area contributed by atoms with E-state index in [1.807, 2.05) is 0 Å². The fourth-order valence-electron chi connectivity index (χ4n) is 1.70. The van der Waals surface area contributed by atoms with Gasteiger partial charge in [0.15, 0.2) is 6.86 Å². The fourth-order valence-corrected chi connectivity index (χ4v) is 1.70. The van der Waals surface area contributed by atoms with Crippen LogP contribution in [0.15, 0.2) is 0 Å². The maximum atomic E-state index is 11.9. The van der Waals surface area contributed by atoms with Crippen LogP contribution in [0.25, 0.3) is 0 Å². The first-order valence-electron chi connectivity index (χ1n) is 5.29. The van der Waals surface area contributed by atoms with Crippen molar-refractivity contribution in [3.8, 4) is 0 Å². The summed E-state index contributed by atoms with van der Waals surface area (Å²) in [7, 11) is 0. The highest BCUT2D eigenvalue weighted by Crippen LogP contribution is 2.23. The number of hydrogen-bond acceptors (Lipinski definition) is 4. The van der Waals surface area contributed by atoms with Gasteiger partial charge in [0, 0.05) is 0 Å². The molecule has 1 aliphatic rings. The van der Waals surface area contributed by atoms with Gasteiger partial charge in [-0.3, -0.25) is 4.79 Å². The number of rotatable bonds is 5. The zero-order valence-electron chi connectivity index (χ0n) is 9.54. The van der Waals surface area contributed by atoms with Gasteiger partial charge in [-0.05, 0) is 12.8 Å². The predicted molar refractivity (Wildman–Crippen MR) is 52.8 cm³/mol.